The highest BCUT2D eigenvalue weighted by Gasteiger charge is 2.37. The fraction of sp³-hybridized carbons (Fsp3) is 0.0435. The molecular formula is C46H41P3. The second kappa shape index (κ2) is 15.0. The number of hydrogen-bond acceptors (Lipinski definition) is 0. The number of benzene rings is 7. The lowest BCUT2D eigenvalue weighted by Crippen LogP contribution is -2.33. The summed E-state index contributed by atoms with van der Waals surface area (Å²) in [6.45, 7) is 0.354. The monoisotopic (exact) mass is 686 g/mol. The van der Waals surface area contributed by atoms with E-state index < -0.39 is 21.7 Å². The van der Waals surface area contributed by atoms with Crippen molar-refractivity contribution < 1.29 is 0 Å². The molecule has 0 amide bonds. The van der Waals surface area contributed by atoms with E-state index in [1.165, 1.54) is 37.1 Å². The highest BCUT2D eigenvalue weighted by molar-refractivity contribution is 8.19. The van der Waals surface area contributed by atoms with Crippen LogP contribution in [0.4, 0.5) is 0 Å². The van der Waals surface area contributed by atoms with Crippen LogP contribution in [0.2, 0.25) is 0 Å². The van der Waals surface area contributed by atoms with Gasteiger partial charge in [0.15, 0.2) is 0 Å². The third kappa shape index (κ3) is 6.05. The molecule has 7 rings (SSSR count). The Kier molecular flexibility index (Phi) is 10.1. The predicted octanol–water partition coefficient (Wildman–Crippen LogP) is 9.08. The maximum Gasteiger partial charge on any atom is -0.0156 e. The van der Waals surface area contributed by atoms with Gasteiger partial charge in [0.1, 0.15) is 0 Å². The van der Waals surface area contributed by atoms with Gasteiger partial charge in [0, 0.05) is 0 Å². The van der Waals surface area contributed by atoms with E-state index in [9.17, 15) is 0 Å². The summed E-state index contributed by atoms with van der Waals surface area (Å²) in [6.07, 6.45) is 0. The molecule has 0 aliphatic heterocycles. The molecule has 0 aliphatic carbocycles. The first-order valence-corrected chi connectivity index (χ1v) is 21.8. The minimum absolute atomic E-state index is 0.964. The molecule has 0 spiro atoms. The van der Waals surface area contributed by atoms with Crippen LogP contribution >= 0.6 is 21.7 Å². The average molecular weight is 687 g/mol. The minimum Gasteiger partial charge on any atom is -0.0622 e. The molecule has 7 aromatic rings. The van der Waals surface area contributed by atoms with Crippen LogP contribution in [0.5, 0.6) is 0 Å². The summed E-state index contributed by atoms with van der Waals surface area (Å²) in [6, 6.07) is 79.4. The molecule has 0 aliphatic rings. The maximum atomic E-state index is 2.50. The second-order valence-electron chi connectivity index (χ2n) is 12.1. The Hall–Kier alpha value is -4.43. The molecule has 0 unspecified atom stereocenters. The van der Waals surface area contributed by atoms with Crippen molar-refractivity contribution in [2.45, 2.75) is 13.8 Å². The van der Waals surface area contributed by atoms with Gasteiger partial charge in [-0.25, -0.2) is 0 Å². The summed E-state index contributed by atoms with van der Waals surface area (Å²) in [4.78, 5) is 0. The van der Waals surface area contributed by atoms with E-state index in [1.54, 1.807) is 10.1 Å². The Bertz CT molecular complexity index is 1860. The molecule has 0 nitrogen and oxygen atoms in total. The quantitative estimate of drug-likeness (QED) is 0.133. The van der Waals surface area contributed by atoms with Gasteiger partial charge < -0.3 is 0 Å². The first kappa shape index (κ1) is 33.1. The Morgan fingerprint density at radius 2 is 0.469 bits per heavy atom. The summed E-state index contributed by atoms with van der Waals surface area (Å²) < 4.78 is 0. The van der Waals surface area contributed by atoms with Gasteiger partial charge in [-0.1, -0.05) is 212 Å². The molecule has 0 atom stereocenters. The van der Waals surface area contributed by atoms with Crippen molar-refractivity contribution in [1.29, 1.82) is 0 Å². The molecule has 240 valence electrons. The van der Waals surface area contributed by atoms with Crippen molar-refractivity contribution in [3.05, 3.63) is 212 Å². The summed E-state index contributed by atoms with van der Waals surface area (Å²) in [5.41, 5.74) is 0. The van der Waals surface area contributed by atoms with E-state index in [-0.39, 0.29) is 0 Å². The lowest BCUT2D eigenvalue weighted by Gasteiger charge is -2.39. The van der Waals surface area contributed by atoms with Crippen LogP contribution in [0.1, 0.15) is 13.8 Å². The molecule has 0 aromatic heterocycles. The van der Waals surface area contributed by atoms with Crippen LogP contribution in [-0.2, 0) is 0 Å². The molecule has 7 aromatic carbocycles. The molecule has 3 heteroatoms. The van der Waals surface area contributed by atoms with Gasteiger partial charge >= 0.3 is 0 Å². The highest BCUT2D eigenvalue weighted by Crippen LogP contribution is 2.61. The number of rotatable bonds is 9. The molecule has 0 saturated heterocycles. The topological polar surface area (TPSA) is 0 Å². The van der Waals surface area contributed by atoms with Gasteiger partial charge in [-0.2, -0.15) is 0 Å². The van der Waals surface area contributed by atoms with E-state index in [4.69, 9.17) is 0 Å². The first-order chi connectivity index (χ1) is 24.2. The molecule has 49 heavy (non-hydrogen) atoms. The summed E-state index contributed by atoms with van der Waals surface area (Å²) >= 11 is 0. The summed E-state index contributed by atoms with van der Waals surface area (Å²) in [5, 5.41) is 12.9. The maximum absolute atomic E-state index is 2.50. The largest absolute Gasteiger partial charge is 0.0622 e. The first-order valence-electron chi connectivity index (χ1n) is 16.8. The van der Waals surface area contributed by atoms with Gasteiger partial charge in [0.2, 0.25) is 0 Å². The normalized spacial score (nSPS) is 11.7. The predicted molar refractivity (Wildman–Crippen MR) is 225 cm³/mol. The van der Waals surface area contributed by atoms with E-state index in [0.29, 0.717) is 0 Å². The zero-order valence-electron chi connectivity index (χ0n) is 28.0. The Balaban J connectivity index is 1.76. The van der Waals surface area contributed by atoms with Crippen molar-refractivity contribution >= 4 is 68.9 Å². The van der Waals surface area contributed by atoms with Crippen molar-refractivity contribution in [1.82, 2.24) is 0 Å². The van der Waals surface area contributed by atoms with Crippen LogP contribution in [0.15, 0.2) is 212 Å². The zero-order chi connectivity index (χ0) is 33.5. The van der Waals surface area contributed by atoms with Crippen LogP contribution in [-0.4, -0.2) is 10.1 Å². The number of hydrogen-bond donors (Lipinski definition) is 0. The lowest BCUT2D eigenvalue weighted by atomic mass is 10.4. The molecule has 0 radical (unpaired) electrons. The van der Waals surface area contributed by atoms with Gasteiger partial charge in [-0.05, 0) is 82.7 Å². The van der Waals surface area contributed by atoms with Crippen LogP contribution in [0.3, 0.4) is 0 Å². The summed E-state index contributed by atoms with van der Waals surface area (Å²) in [5.74, 6) is 0. The Morgan fingerprint density at radius 3 is 0.673 bits per heavy atom. The Morgan fingerprint density at radius 1 is 0.286 bits per heavy atom. The minimum atomic E-state index is -2.32. The van der Waals surface area contributed by atoms with Crippen LogP contribution in [0, 0.1) is 0 Å². The van der Waals surface area contributed by atoms with E-state index in [2.05, 4.69) is 226 Å². The van der Waals surface area contributed by atoms with Gasteiger partial charge in [0.05, 0.1) is 0 Å². The second-order valence-corrected chi connectivity index (χ2v) is 22.5. The Labute approximate surface area is 293 Å². The van der Waals surface area contributed by atoms with E-state index in [0.717, 1.165) is 0 Å². The zero-order valence-corrected chi connectivity index (χ0v) is 30.7. The van der Waals surface area contributed by atoms with E-state index >= 15 is 0 Å². The molecule has 0 bridgehead atoms. The van der Waals surface area contributed by atoms with Crippen molar-refractivity contribution in [3.8, 4) is 0 Å². The van der Waals surface area contributed by atoms with Crippen molar-refractivity contribution in [2.24, 2.45) is 0 Å². The standard InChI is InChI=1S/C46H41P3/c1-38(48(41-26-12-4-13-27-41,42-28-14-5-15-29-42)43-30-16-6-17-31-43)47(40-24-10-3-11-25-40)39(2)49(44-32-18-7-19-33-44,45-34-20-8-21-35-45)46-36-22-9-23-37-46/h3-37H,1-2H3. The third-order valence-electron chi connectivity index (χ3n) is 9.49. The smallest absolute Gasteiger partial charge is 0.0156 e. The fourth-order valence-electron chi connectivity index (χ4n) is 7.41. The molecule has 0 N–H and O–H groups in total. The summed E-state index contributed by atoms with van der Waals surface area (Å²) in [7, 11) is -0.964. The molecule has 0 saturated carbocycles. The van der Waals surface area contributed by atoms with Crippen LogP contribution < -0.4 is 37.1 Å². The fourth-order valence-corrected chi connectivity index (χ4v) is 23.2. The average Bonchev–Trinajstić information content (AvgIpc) is 3.19. The highest BCUT2D eigenvalue weighted by atomic mass is 31.2. The molecule has 0 heterocycles. The van der Waals surface area contributed by atoms with Crippen molar-refractivity contribution in [2.75, 3.05) is 0 Å². The lowest BCUT2D eigenvalue weighted by molar-refractivity contribution is 1.73. The SMILES string of the molecule is CC(P(C(C)=P(c1ccccc1)(c1ccccc1)c1ccccc1)c1ccccc1)=P(c1ccccc1)(c1ccccc1)c1ccccc1. The van der Waals surface area contributed by atoms with E-state index in [1.807, 2.05) is 0 Å². The van der Waals surface area contributed by atoms with Gasteiger partial charge in [-0.15, -0.1) is 0 Å². The third-order valence-corrected chi connectivity index (χ3v) is 23.0. The van der Waals surface area contributed by atoms with Crippen LogP contribution in [0.25, 0.3) is 0 Å². The molecular weight excluding hydrogens is 645 g/mol. The molecule has 0 fully saturated rings. The van der Waals surface area contributed by atoms with Gasteiger partial charge in [0.25, 0.3) is 0 Å². The van der Waals surface area contributed by atoms with Gasteiger partial charge in [-0.3, -0.25) is 0 Å². The van der Waals surface area contributed by atoms with Crippen molar-refractivity contribution in [3.63, 3.8) is 0 Å².